The molecule has 0 aliphatic rings. The Balaban J connectivity index is 3.11. The van der Waals surface area contributed by atoms with Crippen LogP contribution < -0.4 is 5.73 Å². The standard InChI is InChI=1S/C10H14FNO2/c1-6(4-5-12)9-7(11)2-3-8(13)10(9)14/h2-3,6,13-14H,4-5,12H2,1H3. The van der Waals surface area contributed by atoms with Crippen molar-refractivity contribution < 1.29 is 14.6 Å². The molecule has 14 heavy (non-hydrogen) atoms. The van der Waals surface area contributed by atoms with Gasteiger partial charge in [-0.05, 0) is 31.0 Å². The number of hydrogen-bond acceptors (Lipinski definition) is 3. The Morgan fingerprint density at radius 1 is 1.43 bits per heavy atom. The van der Waals surface area contributed by atoms with Crippen LogP contribution in [0.2, 0.25) is 0 Å². The Bertz CT molecular complexity index is 328. The summed E-state index contributed by atoms with van der Waals surface area (Å²) in [6, 6.07) is 2.26. The highest BCUT2D eigenvalue weighted by molar-refractivity contribution is 5.46. The van der Waals surface area contributed by atoms with Crippen molar-refractivity contribution in [1.29, 1.82) is 0 Å². The molecule has 1 atom stereocenters. The molecular formula is C10H14FNO2. The largest absolute Gasteiger partial charge is 0.504 e. The monoisotopic (exact) mass is 199 g/mol. The highest BCUT2D eigenvalue weighted by atomic mass is 19.1. The quantitative estimate of drug-likeness (QED) is 0.649. The van der Waals surface area contributed by atoms with E-state index in [4.69, 9.17) is 5.73 Å². The number of aromatic hydroxyl groups is 2. The van der Waals surface area contributed by atoms with Gasteiger partial charge in [0.05, 0.1) is 0 Å². The molecule has 1 unspecified atom stereocenters. The van der Waals surface area contributed by atoms with Crippen LogP contribution in [0.5, 0.6) is 11.5 Å². The third kappa shape index (κ3) is 1.96. The summed E-state index contributed by atoms with van der Waals surface area (Å²) in [6.07, 6.45) is 0.563. The molecule has 0 aliphatic heterocycles. The molecule has 3 nitrogen and oxygen atoms in total. The van der Waals surface area contributed by atoms with E-state index in [0.29, 0.717) is 13.0 Å². The van der Waals surface area contributed by atoms with E-state index in [9.17, 15) is 14.6 Å². The number of halogens is 1. The fourth-order valence-corrected chi connectivity index (χ4v) is 1.44. The fourth-order valence-electron chi connectivity index (χ4n) is 1.44. The third-order valence-corrected chi connectivity index (χ3v) is 2.24. The number of phenols is 2. The summed E-state index contributed by atoms with van der Waals surface area (Å²) >= 11 is 0. The van der Waals surface area contributed by atoms with Crippen molar-refractivity contribution in [2.45, 2.75) is 19.3 Å². The second-order valence-corrected chi connectivity index (χ2v) is 3.31. The van der Waals surface area contributed by atoms with E-state index in [2.05, 4.69) is 0 Å². The highest BCUT2D eigenvalue weighted by Crippen LogP contribution is 2.36. The van der Waals surface area contributed by atoms with E-state index in [1.54, 1.807) is 6.92 Å². The molecule has 1 aromatic carbocycles. The molecule has 0 aromatic heterocycles. The van der Waals surface area contributed by atoms with Crippen molar-refractivity contribution in [1.82, 2.24) is 0 Å². The lowest BCUT2D eigenvalue weighted by molar-refractivity contribution is 0.389. The maximum absolute atomic E-state index is 13.3. The Hall–Kier alpha value is -1.29. The molecule has 0 amide bonds. The minimum absolute atomic E-state index is 0.135. The van der Waals surface area contributed by atoms with Gasteiger partial charge in [0.2, 0.25) is 0 Å². The smallest absolute Gasteiger partial charge is 0.163 e. The summed E-state index contributed by atoms with van der Waals surface area (Å²) in [4.78, 5) is 0. The first kappa shape index (κ1) is 10.8. The van der Waals surface area contributed by atoms with Gasteiger partial charge in [0.15, 0.2) is 11.5 Å². The molecule has 4 N–H and O–H groups in total. The van der Waals surface area contributed by atoms with Gasteiger partial charge in [-0.1, -0.05) is 6.92 Å². The number of rotatable bonds is 3. The van der Waals surface area contributed by atoms with Crippen molar-refractivity contribution in [3.63, 3.8) is 0 Å². The number of hydrogen-bond donors (Lipinski definition) is 3. The zero-order valence-electron chi connectivity index (χ0n) is 8.00. The first-order valence-electron chi connectivity index (χ1n) is 4.48. The molecule has 78 valence electrons. The Morgan fingerprint density at radius 2 is 2.07 bits per heavy atom. The summed E-state index contributed by atoms with van der Waals surface area (Å²) < 4.78 is 13.3. The first-order valence-corrected chi connectivity index (χ1v) is 4.48. The minimum atomic E-state index is -0.513. The van der Waals surface area contributed by atoms with Crippen LogP contribution in [0.15, 0.2) is 12.1 Å². The van der Waals surface area contributed by atoms with Crippen LogP contribution in [0.1, 0.15) is 24.8 Å². The van der Waals surface area contributed by atoms with Crippen LogP contribution in [-0.2, 0) is 0 Å². The highest BCUT2D eigenvalue weighted by Gasteiger charge is 2.17. The van der Waals surface area contributed by atoms with Gasteiger partial charge in [-0.25, -0.2) is 4.39 Å². The van der Waals surface area contributed by atoms with E-state index >= 15 is 0 Å². The maximum atomic E-state index is 13.3. The Morgan fingerprint density at radius 3 is 2.64 bits per heavy atom. The van der Waals surface area contributed by atoms with Gasteiger partial charge >= 0.3 is 0 Å². The van der Waals surface area contributed by atoms with E-state index in [1.165, 1.54) is 0 Å². The van der Waals surface area contributed by atoms with Crippen LogP contribution in [0.25, 0.3) is 0 Å². The normalized spacial score (nSPS) is 12.8. The van der Waals surface area contributed by atoms with Crippen molar-refractivity contribution in [3.05, 3.63) is 23.5 Å². The summed E-state index contributed by atoms with van der Waals surface area (Å²) in [5.41, 5.74) is 5.47. The molecule has 1 aromatic rings. The summed E-state index contributed by atoms with van der Waals surface area (Å²) in [6.45, 7) is 2.17. The topological polar surface area (TPSA) is 66.5 Å². The number of phenolic OH excluding ortho intramolecular Hbond substituents is 2. The van der Waals surface area contributed by atoms with Gasteiger partial charge in [0, 0.05) is 5.56 Å². The van der Waals surface area contributed by atoms with Crippen molar-refractivity contribution >= 4 is 0 Å². The summed E-state index contributed by atoms with van der Waals surface area (Å²) in [5.74, 6) is -1.40. The molecule has 0 bridgehead atoms. The lowest BCUT2D eigenvalue weighted by Gasteiger charge is -2.13. The van der Waals surface area contributed by atoms with Crippen molar-refractivity contribution in [2.24, 2.45) is 5.73 Å². The zero-order valence-corrected chi connectivity index (χ0v) is 8.00. The molecule has 4 heteroatoms. The Labute approximate surface area is 82.0 Å². The minimum Gasteiger partial charge on any atom is -0.504 e. The van der Waals surface area contributed by atoms with Crippen LogP contribution in [-0.4, -0.2) is 16.8 Å². The number of benzene rings is 1. The van der Waals surface area contributed by atoms with Crippen LogP contribution in [0, 0.1) is 5.82 Å². The van der Waals surface area contributed by atoms with E-state index < -0.39 is 5.82 Å². The molecule has 0 radical (unpaired) electrons. The van der Waals surface area contributed by atoms with Crippen molar-refractivity contribution in [2.75, 3.05) is 6.54 Å². The van der Waals surface area contributed by atoms with Crippen LogP contribution >= 0.6 is 0 Å². The second-order valence-electron chi connectivity index (χ2n) is 3.31. The third-order valence-electron chi connectivity index (χ3n) is 2.24. The molecule has 0 heterocycles. The maximum Gasteiger partial charge on any atom is 0.163 e. The van der Waals surface area contributed by atoms with Gasteiger partial charge in [-0.15, -0.1) is 0 Å². The van der Waals surface area contributed by atoms with Gasteiger partial charge in [0.1, 0.15) is 5.82 Å². The second kappa shape index (κ2) is 4.28. The first-order chi connectivity index (χ1) is 6.57. The molecule has 0 aliphatic carbocycles. The van der Waals surface area contributed by atoms with E-state index in [1.807, 2.05) is 0 Å². The predicted octanol–water partition coefficient (Wildman–Crippen LogP) is 1.69. The summed E-state index contributed by atoms with van der Waals surface area (Å²) in [5, 5.41) is 18.6. The van der Waals surface area contributed by atoms with Gasteiger partial charge in [-0.3, -0.25) is 0 Å². The van der Waals surface area contributed by atoms with E-state index in [0.717, 1.165) is 12.1 Å². The van der Waals surface area contributed by atoms with Gasteiger partial charge in [0.25, 0.3) is 0 Å². The summed E-state index contributed by atoms with van der Waals surface area (Å²) in [7, 11) is 0. The molecule has 1 rings (SSSR count). The Kier molecular flexibility index (Phi) is 3.30. The lowest BCUT2D eigenvalue weighted by Crippen LogP contribution is -2.06. The average Bonchev–Trinajstić information content (AvgIpc) is 2.13. The van der Waals surface area contributed by atoms with E-state index in [-0.39, 0.29) is 23.0 Å². The molecule has 0 saturated carbocycles. The molecule has 0 fully saturated rings. The lowest BCUT2D eigenvalue weighted by atomic mass is 9.96. The molecular weight excluding hydrogens is 185 g/mol. The van der Waals surface area contributed by atoms with Gasteiger partial charge in [-0.2, -0.15) is 0 Å². The predicted molar refractivity (Wildman–Crippen MR) is 51.8 cm³/mol. The number of nitrogens with two attached hydrogens (primary N) is 1. The van der Waals surface area contributed by atoms with Gasteiger partial charge < -0.3 is 15.9 Å². The zero-order chi connectivity index (χ0) is 10.7. The molecule has 0 saturated heterocycles. The molecule has 0 spiro atoms. The average molecular weight is 199 g/mol. The SMILES string of the molecule is CC(CCN)c1c(F)ccc(O)c1O. The van der Waals surface area contributed by atoms with Crippen LogP contribution in [0.4, 0.5) is 4.39 Å². The van der Waals surface area contributed by atoms with Crippen LogP contribution in [0.3, 0.4) is 0 Å². The van der Waals surface area contributed by atoms with Crippen molar-refractivity contribution in [3.8, 4) is 11.5 Å². The fraction of sp³-hybridized carbons (Fsp3) is 0.400.